The number of nitrogens with zero attached hydrogens (tertiary/aromatic N) is 1. The average Bonchev–Trinajstić information content (AvgIpc) is 2.48. The molecule has 24 heavy (non-hydrogen) atoms. The maximum Gasteiger partial charge on any atom is 0.339 e. The smallest absolute Gasteiger partial charge is 0.339 e. The summed E-state index contributed by atoms with van der Waals surface area (Å²) in [5.74, 6) is -0.469. The van der Waals surface area contributed by atoms with E-state index in [4.69, 9.17) is 4.18 Å². The zero-order valence-corrected chi connectivity index (χ0v) is 15.0. The van der Waals surface area contributed by atoms with Crippen LogP contribution in [0.4, 0.5) is 5.69 Å². The average molecular weight is 414 g/mol. The molecule has 0 fully saturated rings. The van der Waals surface area contributed by atoms with Gasteiger partial charge in [-0.2, -0.15) is 8.42 Å². The Morgan fingerprint density at radius 3 is 2.42 bits per heavy atom. The maximum atomic E-state index is 12.4. The summed E-state index contributed by atoms with van der Waals surface area (Å²) in [6, 6.07) is 7.69. The van der Waals surface area contributed by atoms with Crippen LogP contribution in [0.3, 0.4) is 0 Å². The van der Waals surface area contributed by atoms with Gasteiger partial charge in [0.15, 0.2) is 11.5 Å². The second kappa shape index (κ2) is 6.70. The number of aryl methyl sites for hydroxylation is 1. The molecule has 0 heterocycles. The lowest BCUT2D eigenvalue weighted by atomic mass is 10.1. The molecule has 0 unspecified atom stereocenters. The number of hydrogen-bond acceptors (Lipinski definition) is 6. The summed E-state index contributed by atoms with van der Waals surface area (Å²) in [7, 11) is -4.24. The fourth-order valence-corrected chi connectivity index (χ4v) is 3.40. The van der Waals surface area contributed by atoms with Crippen LogP contribution in [0.5, 0.6) is 5.75 Å². The summed E-state index contributed by atoms with van der Waals surface area (Å²) in [5, 5.41) is 10.8. The highest BCUT2D eigenvalue weighted by Crippen LogP contribution is 2.28. The quantitative estimate of drug-likeness (QED) is 0.320. The number of benzene rings is 2. The molecule has 2 aromatic rings. The molecule has 7 nitrogen and oxygen atoms in total. The van der Waals surface area contributed by atoms with Crippen molar-refractivity contribution in [2.45, 2.75) is 18.7 Å². The minimum absolute atomic E-state index is 0.103. The van der Waals surface area contributed by atoms with Crippen LogP contribution in [0, 0.1) is 17.0 Å². The molecular formula is C15H12BrNO6S. The van der Waals surface area contributed by atoms with Crippen LogP contribution >= 0.6 is 15.9 Å². The molecule has 0 amide bonds. The van der Waals surface area contributed by atoms with Crippen molar-refractivity contribution in [2.24, 2.45) is 0 Å². The zero-order chi connectivity index (χ0) is 18.1. The molecule has 0 aliphatic heterocycles. The molecule has 0 saturated carbocycles. The van der Waals surface area contributed by atoms with Gasteiger partial charge < -0.3 is 4.18 Å². The van der Waals surface area contributed by atoms with Gasteiger partial charge in [-0.15, -0.1) is 0 Å². The number of ketones is 1. The molecule has 2 rings (SSSR count). The van der Waals surface area contributed by atoms with E-state index < -0.39 is 15.0 Å². The predicted molar refractivity (Wildman–Crippen MR) is 89.8 cm³/mol. The van der Waals surface area contributed by atoms with Crippen molar-refractivity contribution in [3.8, 4) is 5.75 Å². The highest BCUT2D eigenvalue weighted by molar-refractivity contribution is 9.10. The highest BCUT2D eigenvalue weighted by Gasteiger charge is 2.22. The second-order valence-electron chi connectivity index (χ2n) is 4.94. The number of carbonyl (C=O) groups excluding carboxylic acids is 1. The lowest BCUT2D eigenvalue weighted by Gasteiger charge is -2.11. The third kappa shape index (κ3) is 3.80. The van der Waals surface area contributed by atoms with Crippen molar-refractivity contribution >= 4 is 37.5 Å². The first-order chi connectivity index (χ1) is 11.1. The molecule has 0 radical (unpaired) electrons. The molecule has 0 atom stereocenters. The van der Waals surface area contributed by atoms with Crippen LogP contribution in [0.15, 0.2) is 45.8 Å². The number of rotatable bonds is 5. The molecule has 0 bridgehead atoms. The first kappa shape index (κ1) is 18.1. The normalized spacial score (nSPS) is 11.1. The van der Waals surface area contributed by atoms with Crippen molar-refractivity contribution in [3.63, 3.8) is 0 Å². The van der Waals surface area contributed by atoms with Gasteiger partial charge in [-0.25, -0.2) is 0 Å². The van der Waals surface area contributed by atoms with E-state index in [2.05, 4.69) is 15.9 Å². The third-order valence-corrected chi connectivity index (χ3v) is 4.90. The molecule has 0 N–H and O–H groups in total. The summed E-state index contributed by atoms with van der Waals surface area (Å²) >= 11 is 3.20. The van der Waals surface area contributed by atoms with Gasteiger partial charge in [0.1, 0.15) is 4.90 Å². The van der Waals surface area contributed by atoms with Crippen molar-refractivity contribution in [3.05, 3.63) is 62.1 Å². The first-order valence-electron chi connectivity index (χ1n) is 6.62. The van der Waals surface area contributed by atoms with Crippen LogP contribution < -0.4 is 4.18 Å². The molecule has 2 aromatic carbocycles. The maximum absolute atomic E-state index is 12.4. The van der Waals surface area contributed by atoms with Crippen LogP contribution in [0.2, 0.25) is 0 Å². The number of nitro benzene ring substituents is 1. The molecule has 0 aromatic heterocycles. The predicted octanol–water partition coefficient (Wildman–Crippen LogP) is 3.64. The van der Waals surface area contributed by atoms with Crippen molar-refractivity contribution < 1.29 is 22.3 Å². The molecule has 0 aliphatic rings. The van der Waals surface area contributed by atoms with Crippen molar-refractivity contribution in [1.29, 1.82) is 0 Å². The minimum atomic E-state index is -4.24. The Labute approximate surface area is 146 Å². The third-order valence-electron chi connectivity index (χ3n) is 3.17. The molecule has 0 aliphatic carbocycles. The summed E-state index contributed by atoms with van der Waals surface area (Å²) < 4.78 is 30.4. The Bertz CT molecular complexity index is 939. The summed E-state index contributed by atoms with van der Waals surface area (Å²) in [5.41, 5.74) is 0.0980. The Balaban J connectivity index is 2.45. The van der Waals surface area contributed by atoms with Crippen LogP contribution in [0.1, 0.15) is 22.8 Å². The Kier molecular flexibility index (Phi) is 5.05. The molecule has 0 saturated heterocycles. The van der Waals surface area contributed by atoms with E-state index in [0.29, 0.717) is 4.47 Å². The molecule has 126 valence electrons. The van der Waals surface area contributed by atoms with E-state index >= 15 is 0 Å². The fraction of sp³-hybridized carbons (Fsp3) is 0.133. The number of hydrogen-bond donors (Lipinski definition) is 0. The molecule has 9 heteroatoms. The number of carbonyl (C=O) groups is 1. The van der Waals surface area contributed by atoms with Gasteiger partial charge in [0, 0.05) is 16.1 Å². The molecule has 0 spiro atoms. The lowest BCUT2D eigenvalue weighted by Crippen LogP contribution is -2.12. The second-order valence-corrected chi connectivity index (χ2v) is 7.40. The number of nitro groups is 1. The largest absolute Gasteiger partial charge is 0.378 e. The van der Waals surface area contributed by atoms with E-state index in [9.17, 15) is 23.3 Å². The summed E-state index contributed by atoms with van der Waals surface area (Å²) in [6.45, 7) is 2.72. The van der Waals surface area contributed by atoms with Crippen molar-refractivity contribution in [1.82, 2.24) is 0 Å². The standard InChI is InChI=1S/C15H12BrNO6S/c1-9-7-12(4-5-14(9)17(19)20)24(21,22)23-15-6-3-11(16)8-13(15)10(2)18/h3-8H,1-2H3. The van der Waals surface area contributed by atoms with E-state index in [-0.39, 0.29) is 33.2 Å². The van der Waals surface area contributed by atoms with E-state index in [1.54, 1.807) is 6.07 Å². The van der Waals surface area contributed by atoms with Gasteiger partial charge in [-0.05, 0) is 44.2 Å². The van der Waals surface area contributed by atoms with Crippen LogP contribution in [0.25, 0.3) is 0 Å². The highest BCUT2D eigenvalue weighted by atomic mass is 79.9. The number of halogens is 1. The Hall–Kier alpha value is -2.26. The summed E-state index contributed by atoms with van der Waals surface area (Å²) in [4.78, 5) is 21.6. The first-order valence-corrected chi connectivity index (χ1v) is 8.82. The van der Waals surface area contributed by atoms with Gasteiger partial charge in [0.2, 0.25) is 0 Å². The van der Waals surface area contributed by atoms with Gasteiger partial charge in [-0.3, -0.25) is 14.9 Å². The van der Waals surface area contributed by atoms with E-state index in [1.807, 2.05) is 0 Å². The topological polar surface area (TPSA) is 104 Å². The monoisotopic (exact) mass is 413 g/mol. The van der Waals surface area contributed by atoms with E-state index in [1.165, 1.54) is 26.0 Å². The van der Waals surface area contributed by atoms with E-state index in [0.717, 1.165) is 18.2 Å². The van der Waals surface area contributed by atoms with Crippen LogP contribution in [-0.2, 0) is 10.1 Å². The Morgan fingerprint density at radius 1 is 1.21 bits per heavy atom. The summed E-state index contributed by atoms with van der Waals surface area (Å²) in [6.07, 6.45) is 0. The van der Waals surface area contributed by atoms with Crippen LogP contribution in [-0.4, -0.2) is 19.1 Å². The van der Waals surface area contributed by atoms with Gasteiger partial charge in [0.05, 0.1) is 10.5 Å². The lowest BCUT2D eigenvalue weighted by molar-refractivity contribution is -0.385. The number of Topliss-reactive ketones (excluding diaryl/α,β-unsaturated/α-hetero) is 1. The SMILES string of the molecule is CC(=O)c1cc(Br)ccc1OS(=O)(=O)c1ccc([N+](=O)[O-])c(C)c1. The zero-order valence-electron chi connectivity index (χ0n) is 12.6. The van der Waals surface area contributed by atoms with Gasteiger partial charge in [0.25, 0.3) is 5.69 Å². The molecular weight excluding hydrogens is 402 g/mol. The van der Waals surface area contributed by atoms with Gasteiger partial charge >= 0.3 is 10.1 Å². The van der Waals surface area contributed by atoms with Crippen molar-refractivity contribution in [2.75, 3.05) is 0 Å². The Morgan fingerprint density at radius 2 is 1.88 bits per heavy atom. The fourth-order valence-electron chi connectivity index (χ4n) is 2.00. The minimum Gasteiger partial charge on any atom is -0.378 e. The van der Waals surface area contributed by atoms with Gasteiger partial charge in [-0.1, -0.05) is 15.9 Å².